The van der Waals surface area contributed by atoms with Gasteiger partial charge >= 0.3 is 0 Å². The Morgan fingerprint density at radius 2 is 1.64 bits per heavy atom. The topological polar surface area (TPSA) is 59.0 Å². The Morgan fingerprint density at radius 1 is 0.893 bits per heavy atom. The maximum atomic E-state index is 13.2. The van der Waals surface area contributed by atoms with Gasteiger partial charge in [-0.3, -0.25) is 4.79 Å². The summed E-state index contributed by atoms with van der Waals surface area (Å²) in [5, 5.41) is 11.7. The van der Waals surface area contributed by atoms with Crippen molar-refractivity contribution in [3.8, 4) is 11.5 Å². The van der Waals surface area contributed by atoms with Crippen molar-refractivity contribution in [1.29, 1.82) is 0 Å². The highest BCUT2D eigenvalue weighted by Gasteiger charge is 2.48. The number of hydrogen-bond acceptors (Lipinski definition) is 4. The highest BCUT2D eigenvalue weighted by Crippen LogP contribution is 2.41. The number of benzene rings is 3. The van der Waals surface area contributed by atoms with E-state index in [9.17, 15) is 9.90 Å². The zero-order valence-corrected chi connectivity index (χ0v) is 15.2. The third kappa shape index (κ3) is 2.63. The first-order valence-electron chi connectivity index (χ1n) is 9.21. The van der Waals surface area contributed by atoms with Gasteiger partial charge in [0, 0.05) is 24.1 Å². The van der Waals surface area contributed by atoms with Gasteiger partial charge in [0.25, 0.3) is 5.91 Å². The van der Waals surface area contributed by atoms with Crippen LogP contribution in [0.4, 0.5) is 0 Å². The summed E-state index contributed by atoms with van der Waals surface area (Å²) in [6.45, 7) is 0.471. The van der Waals surface area contributed by atoms with Gasteiger partial charge in [-0.25, -0.2) is 0 Å². The fraction of sp³-hybridized carbons (Fsp3) is 0.174. The molecule has 0 aliphatic carbocycles. The van der Waals surface area contributed by atoms with E-state index in [0.29, 0.717) is 29.0 Å². The lowest BCUT2D eigenvalue weighted by Gasteiger charge is -2.35. The summed E-state index contributed by atoms with van der Waals surface area (Å²) in [7, 11) is 0. The van der Waals surface area contributed by atoms with Crippen LogP contribution in [0.2, 0.25) is 0 Å². The van der Waals surface area contributed by atoms with Crippen molar-refractivity contribution in [1.82, 2.24) is 4.90 Å². The van der Waals surface area contributed by atoms with Crippen molar-refractivity contribution in [3.63, 3.8) is 0 Å². The molecule has 28 heavy (non-hydrogen) atoms. The van der Waals surface area contributed by atoms with Crippen LogP contribution in [-0.4, -0.2) is 22.7 Å². The van der Waals surface area contributed by atoms with E-state index in [0.717, 1.165) is 11.1 Å². The van der Waals surface area contributed by atoms with Gasteiger partial charge in [0.1, 0.15) is 0 Å². The molecule has 2 aliphatic rings. The largest absolute Gasteiger partial charge is 0.454 e. The summed E-state index contributed by atoms with van der Waals surface area (Å²) in [4.78, 5) is 14.7. The van der Waals surface area contributed by atoms with E-state index in [-0.39, 0.29) is 19.2 Å². The quantitative estimate of drug-likeness (QED) is 0.761. The minimum Gasteiger partial charge on any atom is -0.454 e. The average Bonchev–Trinajstić information content (AvgIpc) is 3.26. The maximum absolute atomic E-state index is 13.2. The molecule has 140 valence electrons. The van der Waals surface area contributed by atoms with Gasteiger partial charge in [-0.2, -0.15) is 0 Å². The van der Waals surface area contributed by atoms with Crippen LogP contribution in [0.15, 0.2) is 72.8 Å². The van der Waals surface area contributed by atoms with Crippen molar-refractivity contribution >= 4 is 5.91 Å². The molecule has 5 nitrogen and oxygen atoms in total. The molecule has 3 aromatic carbocycles. The first-order chi connectivity index (χ1) is 13.6. The van der Waals surface area contributed by atoms with E-state index in [1.165, 1.54) is 0 Å². The molecule has 0 aromatic heterocycles. The first kappa shape index (κ1) is 16.8. The third-order valence-corrected chi connectivity index (χ3v) is 5.35. The molecule has 1 amide bonds. The van der Waals surface area contributed by atoms with E-state index in [1.807, 2.05) is 66.7 Å². The predicted molar refractivity (Wildman–Crippen MR) is 103 cm³/mol. The lowest BCUT2D eigenvalue weighted by Crippen LogP contribution is -2.45. The van der Waals surface area contributed by atoms with E-state index < -0.39 is 5.72 Å². The number of amides is 1. The van der Waals surface area contributed by atoms with E-state index in [1.54, 1.807) is 11.0 Å². The van der Waals surface area contributed by atoms with Crippen molar-refractivity contribution < 1.29 is 19.4 Å². The second-order valence-electron chi connectivity index (χ2n) is 7.10. The van der Waals surface area contributed by atoms with E-state index in [4.69, 9.17) is 9.47 Å². The smallest absolute Gasteiger partial charge is 0.257 e. The van der Waals surface area contributed by atoms with Crippen molar-refractivity contribution in [2.45, 2.75) is 18.7 Å². The molecule has 0 saturated heterocycles. The maximum Gasteiger partial charge on any atom is 0.257 e. The number of carbonyl (C=O) groups excluding carboxylic acids is 1. The summed E-state index contributed by atoms with van der Waals surface area (Å²) in [5.41, 5.74) is 1.61. The van der Waals surface area contributed by atoms with Crippen LogP contribution >= 0.6 is 0 Å². The highest BCUT2D eigenvalue weighted by molar-refractivity contribution is 5.99. The highest BCUT2D eigenvalue weighted by atomic mass is 16.7. The Morgan fingerprint density at radius 3 is 2.50 bits per heavy atom. The van der Waals surface area contributed by atoms with Gasteiger partial charge in [-0.1, -0.05) is 54.6 Å². The molecule has 0 spiro atoms. The van der Waals surface area contributed by atoms with Crippen LogP contribution in [0, 0.1) is 0 Å². The molecular weight excluding hydrogens is 354 g/mol. The van der Waals surface area contributed by atoms with Crippen LogP contribution in [0.5, 0.6) is 11.5 Å². The Bertz CT molecular complexity index is 1050. The summed E-state index contributed by atoms with van der Waals surface area (Å²) in [5.74, 6) is 1.18. The van der Waals surface area contributed by atoms with Gasteiger partial charge < -0.3 is 19.5 Å². The van der Waals surface area contributed by atoms with E-state index >= 15 is 0 Å². The second-order valence-corrected chi connectivity index (χ2v) is 7.10. The van der Waals surface area contributed by atoms with Crippen LogP contribution in [0.1, 0.15) is 27.0 Å². The summed E-state index contributed by atoms with van der Waals surface area (Å²) in [6.07, 6.45) is 0.321. The fourth-order valence-corrected chi connectivity index (χ4v) is 3.97. The van der Waals surface area contributed by atoms with Crippen LogP contribution in [-0.2, 0) is 18.7 Å². The number of aliphatic hydroxyl groups is 1. The minimum absolute atomic E-state index is 0.174. The fourth-order valence-electron chi connectivity index (χ4n) is 3.97. The lowest BCUT2D eigenvalue weighted by atomic mass is 9.94. The van der Waals surface area contributed by atoms with Gasteiger partial charge in [-0.05, 0) is 29.3 Å². The zero-order chi connectivity index (χ0) is 19.1. The Kier molecular flexibility index (Phi) is 3.84. The van der Waals surface area contributed by atoms with Crippen LogP contribution < -0.4 is 9.47 Å². The number of rotatable bonds is 4. The molecule has 3 aromatic rings. The van der Waals surface area contributed by atoms with Gasteiger partial charge in [0.2, 0.25) is 6.79 Å². The molecule has 0 radical (unpaired) electrons. The second kappa shape index (κ2) is 6.39. The van der Waals surface area contributed by atoms with Crippen LogP contribution in [0.3, 0.4) is 0 Å². The Hall–Kier alpha value is -3.31. The number of hydrogen-bond donors (Lipinski definition) is 1. The molecule has 0 fully saturated rings. The third-order valence-electron chi connectivity index (χ3n) is 5.35. The van der Waals surface area contributed by atoms with Gasteiger partial charge in [0.05, 0.1) is 0 Å². The monoisotopic (exact) mass is 373 g/mol. The number of nitrogens with zero attached hydrogens (tertiary/aromatic N) is 1. The molecule has 2 heterocycles. The average molecular weight is 373 g/mol. The first-order valence-corrected chi connectivity index (χ1v) is 9.21. The van der Waals surface area contributed by atoms with Crippen molar-refractivity contribution in [3.05, 3.63) is 95.1 Å². The minimum atomic E-state index is -1.41. The molecule has 5 rings (SSSR count). The van der Waals surface area contributed by atoms with Gasteiger partial charge in [-0.15, -0.1) is 0 Å². The molecule has 0 unspecified atom stereocenters. The van der Waals surface area contributed by atoms with Crippen molar-refractivity contribution in [2.24, 2.45) is 0 Å². The standard InChI is InChI=1S/C23H19NO4/c25-22-18-8-4-5-9-19(18)23(26,13-16-6-2-1-3-7-16)24(22)14-17-10-11-20-21(12-17)28-15-27-20/h1-12,26H,13-15H2/t23-/m0/s1. The Labute approximate surface area is 162 Å². The molecule has 1 atom stereocenters. The summed E-state index contributed by atoms with van der Waals surface area (Å²) in [6, 6.07) is 22.6. The number of carbonyl (C=O) groups is 1. The van der Waals surface area contributed by atoms with Gasteiger partial charge in [0.15, 0.2) is 17.2 Å². The molecule has 2 aliphatic heterocycles. The SMILES string of the molecule is O=C1c2ccccc2[C@@](O)(Cc2ccccc2)N1Cc1ccc2c(c1)OCO2. The molecule has 0 saturated carbocycles. The Balaban J connectivity index is 1.54. The number of ether oxygens (including phenoxy) is 2. The molecule has 5 heteroatoms. The van der Waals surface area contributed by atoms with Crippen LogP contribution in [0.25, 0.3) is 0 Å². The molecular formula is C23H19NO4. The lowest BCUT2D eigenvalue weighted by molar-refractivity contribution is -0.0878. The summed E-state index contributed by atoms with van der Waals surface area (Å²) < 4.78 is 10.8. The molecule has 0 bridgehead atoms. The predicted octanol–water partition coefficient (Wildman–Crippen LogP) is 3.46. The zero-order valence-electron chi connectivity index (χ0n) is 15.2. The summed E-state index contributed by atoms with van der Waals surface area (Å²) >= 11 is 0. The number of fused-ring (bicyclic) bond motifs is 2. The van der Waals surface area contributed by atoms with Crippen molar-refractivity contribution in [2.75, 3.05) is 6.79 Å². The van der Waals surface area contributed by atoms with E-state index in [2.05, 4.69) is 0 Å². The molecule has 1 N–H and O–H groups in total. The normalized spacial score (nSPS) is 19.8.